The van der Waals surface area contributed by atoms with Crippen molar-refractivity contribution < 1.29 is 9.18 Å². The van der Waals surface area contributed by atoms with Crippen molar-refractivity contribution in [3.05, 3.63) is 34.1 Å². The number of carbonyl (C=O) groups excluding carboxylic acids is 1. The first-order chi connectivity index (χ1) is 8.10. The van der Waals surface area contributed by atoms with Crippen LogP contribution in [-0.4, -0.2) is 23.9 Å². The Morgan fingerprint density at radius 2 is 1.88 bits per heavy atom. The van der Waals surface area contributed by atoms with Crippen LogP contribution in [-0.2, 0) is 0 Å². The molecule has 0 heterocycles. The zero-order valence-electron chi connectivity index (χ0n) is 10.2. The second-order valence-corrected chi connectivity index (χ2v) is 4.78. The van der Waals surface area contributed by atoms with Gasteiger partial charge in [-0.25, -0.2) is 4.39 Å². The summed E-state index contributed by atoms with van der Waals surface area (Å²) in [4.78, 5) is 13.9. The maximum atomic E-state index is 13.4. The van der Waals surface area contributed by atoms with E-state index < -0.39 is 5.82 Å². The summed E-state index contributed by atoms with van der Waals surface area (Å²) in [6.07, 6.45) is 1.81. The van der Waals surface area contributed by atoms with Gasteiger partial charge >= 0.3 is 0 Å². The number of carbonyl (C=O) groups is 1. The summed E-state index contributed by atoms with van der Waals surface area (Å²) in [5, 5.41) is 0. The van der Waals surface area contributed by atoms with Crippen molar-refractivity contribution >= 4 is 21.8 Å². The first-order valence-corrected chi connectivity index (χ1v) is 6.63. The van der Waals surface area contributed by atoms with Gasteiger partial charge in [0.2, 0.25) is 0 Å². The van der Waals surface area contributed by atoms with Crippen LogP contribution < -0.4 is 0 Å². The molecule has 1 rings (SSSR count). The molecule has 4 heteroatoms. The van der Waals surface area contributed by atoms with Gasteiger partial charge in [0.25, 0.3) is 5.91 Å². The molecular formula is C13H17BrFNO. The lowest BCUT2D eigenvalue weighted by Gasteiger charge is -2.21. The summed E-state index contributed by atoms with van der Waals surface area (Å²) in [5.74, 6) is -0.496. The fourth-order valence-corrected chi connectivity index (χ4v) is 1.91. The monoisotopic (exact) mass is 301 g/mol. The summed E-state index contributed by atoms with van der Waals surface area (Å²) in [5.41, 5.74) is 0.410. The molecule has 0 fully saturated rings. The zero-order chi connectivity index (χ0) is 12.8. The number of amides is 1. The van der Waals surface area contributed by atoms with Crippen molar-refractivity contribution in [3.63, 3.8) is 0 Å². The smallest absolute Gasteiger partial charge is 0.253 e. The standard InChI is InChI=1S/C13H17BrFNO/c1-3-7-16(8-4-2)13(17)10-5-6-11(14)12(15)9-10/h5-6,9H,3-4,7-8H2,1-2H3. The third-order valence-corrected chi connectivity index (χ3v) is 3.08. The summed E-state index contributed by atoms with van der Waals surface area (Å²) < 4.78 is 13.7. The Balaban J connectivity index is 2.88. The topological polar surface area (TPSA) is 20.3 Å². The Morgan fingerprint density at radius 3 is 2.35 bits per heavy atom. The van der Waals surface area contributed by atoms with Gasteiger partial charge in [0.05, 0.1) is 4.47 Å². The molecule has 0 saturated heterocycles. The van der Waals surface area contributed by atoms with E-state index in [1.54, 1.807) is 17.0 Å². The van der Waals surface area contributed by atoms with E-state index in [-0.39, 0.29) is 5.91 Å². The molecule has 0 spiro atoms. The summed E-state index contributed by atoms with van der Waals surface area (Å²) >= 11 is 3.08. The van der Waals surface area contributed by atoms with Gasteiger partial charge in [-0.15, -0.1) is 0 Å². The SMILES string of the molecule is CCCN(CCC)C(=O)c1ccc(Br)c(F)c1. The highest BCUT2D eigenvalue weighted by molar-refractivity contribution is 9.10. The number of benzene rings is 1. The van der Waals surface area contributed by atoms with Crippen LogP contribution in [0.25, 0.3) is 0 Å². The van der Waals surface area contributed by atoms with Gasteiger partial charge < -0.3 is 4.90 Å². The predicted molar refractivity (Wildman–Crippen MR) is 70.6 cm³/mol. The van der Waals surface area contributed by atoms with E-state index in [4.69, 9.17) is 0 Å². The van der Waals surface area contributed by atoms with E-state index in [9.17, 15) is 9.18 Å². The quantitative estimate of drug-likeness (QED) is 0.809. The summed E-state index contributed by atoms with van der Waals surface area (Å²) in [7, 11) is 0. The van der Waals surface area contributed by atoms with Crippen LogP contribution in [0.15, 0.2) is 22.7 Å². The molecule has 0 atom stereocenters. The molecule has 0 aliphatic heterocycles. The molecule has 1 aromatic carbocycles. The largest absolute Gasteiger partial charge is 0.339 e. The Kier molecular flexibility index (Phi) is 5.62. The van der Waals surface area contributed by atoms with Gasteiger partial charge in [-0.1, -0.05) is 13.8 Å². The van der Waals surface area contributed by atoms with Crippen LogP contribution in [0.5, 0.6) is 0 Å². The van der Waals surface area contributed by atoms with Crippen molar-refractivity contribution in [1.82, 2.24) is 4.90 Å². The van der Waals surface area contributed by atoms with Gasteiger partial charge in [-0.05, 0) is 47.0 Å². The first-order valence-electron chi connectivity index (χ1n) is 5.84. The van der Waals surface area contributed by atoms with Gasteiger partial charge in [0, 0.05) is 18.7 Å². The lowest BCUT2D eigenvalue weighted by molar-refractivity contribution is 0.0755. The maximum Gasteiger partial charge on any atom is 0.253 e. The van der Waals surface area contributed by atoms with Crippen LogP contribution in [0.2, 0.25) is 0 Å². The van der Waals surface area contributed by atoms with E-state index in [0.717, 1.165) is 12.8 Å². The average Bonchev–Trinajstić information content (AvgIpc) is 2.31. The molecule has 0 radical (unpaired) electrons. The van der Waals surface area contributed by atoms with Crippen molar-refractivity contribution in [2.24, 2.45) is 0 Å². The molecule has 0 aliphatic carbocycles. The average molecular weight is 302 g/mol. The molecule has 17 heavy (non-hydrogen) atoms. The molecule has 1 aromatic rings. The van der Waals surface area contributed by atoms with Crippen molar-refractivity contribution in [3.8, 4) is 0 Å². The third-order valence-electron chi connectivity index (χ3n) is 2.44. The Hall–Kier alpha value is -0.900. The number of halogens is 2. The van der Waals surface area contributed by atoms with Crippen molar-refractivity contribution in [2.75, 3.05) is 13.1 Å². The Labute approximate surface area is 110 Å². The molecule has 0 bridgehead atoms. The molecule has 0 unspecified atom stereocenters. The zero-order valence-corrected chi connectivity index (χ0v) is 11.8. The highest BCUT2D eigenvalue weighted by atomic mass is 79.9. The number of rotatable bonds is 5. The second kappa shape index (κ2) is 6.74. The molecule has 1 amide bonds. The van der Waals surface area contributed by atoms with Crippen molar-refractivity contribution in [1.29, 1.82) is 0 Å². The molecule has 0 saturated carbocycles. The predicted octanol–water partition coefficient (Wildman–Crippen LogP) is 3.85. The van der Waals surface area contributed by atoms with Gasteiger partial charge in [-0.3, -0.25) is 4.79 Å². The van der Waals surface area contributed by atoms with E-state index in [1.807, 2.05) is 13.8 Å². The number of nitrogens with zero attached hydrogens (tertiary/aromatic N) is 1. The van der Waals surface area contributed by atoms with E-state index >= 15 is 0 Å². The maximum absolute atomic E-state index is 13.4. The normalized spacial score (nSPS) is 10.4. The number of hydrogen-bond donors (Lipinski definition) is 0. The van der Waals surface area contributed by atoms with E-state index in [1.165, 1.54) is 6.07 Å². The van der Waals surface area contributed by atoms with Crippen LogP contribution in [0.3, 0.4) is 0 Å². The summed E-state index contributed by atoms with van der Waals surface area (Å²) in [6, 6.07) is 4.50. The fourth-order valence-electron chi connectivity index (χ4n) is 1.67. The van der Waals surface area contributed by atoms with Gasteiger partial charge in [0.15, 0.2) is 0 Å². The van der Waals surface area contributed by atoms with E-state index in [0.29, 0.717) is 23.1 Å². The minimum atomic E-state index is -0.399. The van der Waals surface area contributed by atoms with Crippen LogP contribution in [0.1, 0.15) is 37.0 Å². The highest BCUT2D eigenvalue weighted by Crippen LogP contribution is 2.17. The minimum Gasteiger partial charge on any atom is -0.339 e. The Bertz CT molecular complexity index is 389. The number of hydrogen-bond acceptors (Lipinski definition) is 1. The molecular weight excluding hydrogens is 285 g/mol. The van der Waals surface area contributed by atoms with Crippen LogP contribution >= 0.6 is 15.9 Å². The first kappa shape index (κ1) is 14.2. The highest BCUT2D eigenvalue weighted by Gasteiger charge is 2.15. The fraction of sp³-hybridized carbons (Fsp3) is 0.462. The second-order valence-electron chi connectivity index (χ2n) is 3.92. The molecule has 2 nitrogen and oxygen atoms in total. The molecule has 0 aliphatic rings. The molecule has 94 valence electrons. The van der Waals surface area contributed by atoms with E-state index in [2.05, 4.69) is 15.9 Å². The lowest BCUT2D eigenvalue weighted by Crippen LogP contribution is -2.32. The van der Waals surface area contributed by atoms with Gasteiger partial charge in [0.1, 0.15) is 5.82 Å². The lowest BCUT2D eigenvalue weighted by atomic mass is 10.2. The van der Waals surface area contributed by atoms with Crippen LogP contribution in [0, 0.1) is 5.82 Å². The molecule has 0 N–H and O–H groups in total. The van der Waals surface area contributed by atoms with Gasteiger partial charge in [-0.2, -0.15) is 0 Å². The van der Waals surface area contributed by atoms with Crippen molar-refractivity contribution in [2.45, 2.75) is 26.7 Å². The van der Waals surface area contributed by atoms with Crippen LogP contribution in [0.4, 0.5) is 4.39 Å². The minimum absolute atomic E-state index is 0.0971. The third kappa shape index (κ3) is 3.80. The molecule has 0 aromatic heterocycles. The summed E-state index contributed by atoms with van der Waals surface area (Å²) in [6.45, 7) is 5.48. The Morgan fingerprint density at radius 1 is 1.29 bits per heavy atom.